The van der Waals surface area contributed by atoms with E-state index in [0.29, 0.717) is 25.2 Å². The Kier molecular flexibility index (Phi) is 4.57. The van der Waals surface area contributed by atoms with Crippen LogP contribution in [0.5, 0.6) is 0 Å². The molecule has 0 fully saturated rings. The number of fused-ring (bicyclic) bond motifs is 1. The molecule has 7 nitrogen and oxygen atoms in total. The maximum absolute atomic E-state index is 13.1. The first-order chi connectivity index (χ1) is 11.5. The number of carbonyl (C=O) groups is 1. The Morgan fingerprint density at radius 1 is 1.46 bits per heavy atom. The highest BCUT2D eigenvalue weighted by molar-refractivity contribution is 7.94. The number of hydrogen-bond acceptors (Lipinski definition) is 7. The maximum Gasteiger partial charge on any atom is 0.358 e. The SMILES string of the molecule is COC(=O)c1ncsc1S(=O)(=O)N1CCCc2cc(CN)ccc21. The number of anilines is 1. The van der Waals surface area contributed by atoms with E-state index in [1.165, 1.54) is 16.9 Å². The molecule has 0 radical (unpaired) electrons. The highest BCUT2D eigenvalue weighted by Crippen LogP contribution is 2.34. The number of nitrogens with zero attached hydrogens (tertiary/aromatic N) is 2. The first kappa shape index (κ1) is 16.9. The van der Waals surface area contributed by atoms with Crippen LogP contribution in [0.15, 0.2) is 27.9 Å². The summed E-state index contributed by atoms with van der Waals surface area (Å²) in [4.78, 5) is 15.6. The van der Waals surface area contributed by atoms with Crippen LogP contribution in [0.2, 0.25) is 0 Å². The van der Waals surface area contributed by atoms with Gasteiger partial charge in [0.25, 0.3) is 10.0 Å². The van der Waals surface area contributed by atoms with Gasteiger partial charge in [-0.15, -0.1) is 11.3 Å². The number of thiazole rings is 1. The number of ether oxygens (including phenoxy) is 1. The summed E-state index contributed by atoms with van der Waals surface area (Å²) < 4.78 is 32.0. The van der Waals surface area contributed by atoms with E-state index in [2.05, 4.69) is 9.72 Å². The Balaban J connectivity index is 2.07. The van der Waals surface area contributed by atoms with Crippen molar-refractivity contribution in [2.75, 3.05) is 18.0 Å². The van der Waals surface area contributed by atoms with Gasteiger partial charge < -0.3 is 10.5 Å². The molecule has 1 aromatic carbocycles. The van der Waals surface area contributed by atoms with E-state index in [9.17, 15) is 13.2 Å². The summed E-state index contributed by atoms with van der Waals surface area (Å²) in [6.07, 6.45) is 1.49. The van der Waals surface area contributed by atoms with Gasteiger partial charge in [-0.2, -0.15) is 0 Å². The Morgan fingerprint density at radius 2 is 2.25 bits per heavy atom. The lowest BCUT2D eigenvalue weighted by Crippen LogP contribution is -2.36. The van der Waals surface area contributed by atoms with Crippen molar-refractivity contribution in [1.82, 2.24) is 4.98 Å². The molecule has 2 heterocycles. The van der Waals surface area contributed by atoms with Gasteiger partial charge in [0.2, 0.25) is 0 Å². The van der Waals surface area contributed by atoms with Crippen LogP contribution in [-0.2, 0) is 27.7 Å². The second kappa shape index (κ2) is 6.50. The molecule has 1 aromatic heterocycles. The minimum absolute atomic E-state index is 0.0925. The van der Waals surface area contributed by atoms with Gasteiger partial charge in [0, 0.05) is 13.1 Å². The number of aromatic nitrogens is 1. The molecule has 0 saturated heterocycles. The summed E-state index contributed by atoms with van der Waals surface area (Å²) in [7, 11) is -2.68. The van der Waals surface area contributed by atoms with Crippen LogP contribution in [0, 0.1) is 0 Å². The molecule has 0 atom stereocenters. The molecule has 0 aliphatic carbocycles. The summed E-state index contributed by atoms with van der Waals surface area (Å²) in [5, 5.41) is 0. The maximum atomic E-state index is 13.1. The predicted octanol–water partition coefficient (Wildman–Crippen LogP) is 1.53. The van der Waals surface area contributed by atoms with E-state index in [0.717, 1.165) is 28.9 Å². The molecule has 9 heteroatoms. The molecular weight excluding hydrogens is 350 g/mol. The monoisotopic (exact) mass is 367 g/mol. The van der Waals surface area contributed by atoms with Gasteiger partial charge in [-0.3, -0.25) is 4.31 Å². The lowest BCUT2D eigenvalue weighted by Gasteiger charge is -2.30. The lowest BCUT2D eigenvalue weighted by atomic mass is 10.0. The molecule has 1 aliphatic rings. The topological polar surface area (TPSA) is 103 Å². The minimum Gasteiger partial charge on any atom is -0.464 e. The van der Waals surface area contributed by atoms with Gasteiger partial charge in [-0.1, -0.05) is 12.1 Å². The number of rotatable bonds is 4. The van der Waals surface area contributed by atoms with Gasteiger partial charge >= 0.3 is 5.97 Å². The van der Waals surface area contributed by atoms with E-state index in [4.69, 9.17) is 5.73 Å². The Morgan fingerprint density at radius 3 is 2.96 bits per heavy atom. The van der Waals surface area contributed by atoms with Crippen molar-refractivity contribution in [2.24, 2.45) is 5.73 Å². The largest absolute Gasteiger partial charge is 0.464 e. The van der Waals surface area contributed by atoms with Crippen molar-refractivity contribution in [2.45, 2.75) is 23.6 Å². The van der Waals surface area contributed by atoms with Gasteiger partial charge in [-0.05, 0) is 30.0 Å². The average Bonchev–Trinajstić information content (AvgIpc) is 3.10. The third kappa shape index (κ3) is 2.79. The normalized spacial score (nSPS) is 14.3. The van der Waals surface area contributed by atoms with Crippen LogP contribution in [0.4, 0.5) is 5.69 Å². The summed E-state index contributed by atoms with van der Waals surface area (Å²) in [6.45, 7) is 0.761. The molecule has 3 rings (SSSR count). The molecule has 24 heavy (non-hydrogen) atoms. The Bertz CT molecular complexity index is 877. The predicted molar refractivity (Wildman–Crippen MR) is 90.6 cm³/mol. The van der Waals surface area contributed by atoms with Gasteiger partial charge in [0.1, 0.15) is 0 Å². The molecule has 2 N–H and O–H groups in total. The second-order valence-electron chi connectivity index (χ2n) is 5.33. The molecule has 0 bridgehead atoms. The molecule has 0 spiro atoms. The number of nitrogens with two attached hydrogens (primary N) is 1. The molecular formula is C15H17N3O4S2. The third-order valence-electron chi connectivity index (χ3n) is 3.89. The zero-order valence-electron chi connectivity index (χ0n) is 13.1. The zero-order chi connectivity index (χ0) is 17.3. The lowest BCUT2D eigenvalue weighted by molar-refractivity contribution is 0.0590. The van der Waals surface area contributed by atoms with E-state index in [1.807, 2.05) is 12.1 Å². The van der Waals surface area contributed by atoms with Crippen molar-refractivity contribution in [3.05, 3.63) is 40.5 Å². The fourth-order valence-corrected chi connectivity index (χ4v) is 5.52. The minimum atomic E-state index is -3.88. The van der Waals surface area contributed by atoms with Crippen LogP contribution in [0.1, 0.15) is 28.0 Å². The van der Waals surface area contributed by atoms with Crippen LogP contribution < -0.4 is 10.0 Å². The number of esters is 1. The molecule has 2 aromatic rings. The number of carbonyl (C=O) groups excluding carboxylic acids is 1. The quantitative estimate of drug-likeness (QED) is 0.822. The highest BCUT2D eigenvalue weighted by atomic mass is 32.2. The average molecular weight is 367 g/mol. The van der Waals surface area contributed by atoms with Gasteiger partial charge in [0.05, 0.1) is 18.3 Å². The molecule has 128 valence electrons. The van der Waals surface area contributed by atoms with Crippen molar-refractivity contribution >= 4 is 33.0 Å². The molecule has 0 unspecified atom stereocenters. The number of hydrogen-bond donors (Lipinski definition) is 1. The zero-order valence-corrected chi connectivity index (χ0v) is 14.7. The standard InChI is InChI=1S/C15H17N3O4S2/c1-22-14(19)13-15(23-9-17-13)24(20,21)18-6-2-3-11-7-10(8-16)4-5-12(11)18/h4-5,7,9H,2-3,6,8,16H2,1H3. The van der Waals surface area contributed by atoms with Gasteiger partial charge in [0.15, 0.2) is 9.90 Å². The van der Waals surface area contributed by atoms with E-state index >= 15 is 0 Å². The number of methoxy groups -OCH3 is 1. The second-order valence-corrected chi connectivity index (χ2v) is 8.24. The number of aryl methyl sites for hydroxylation is 1. The third-order valence-corrected chi connectivity index (χ3v) is 7.05. The molecule has 0 amide bonds. The summed E-state index contributed by atoms with van der Waals surface area (Å²) in [6, 6.07) is 5.53. The van der Waals surface area contributed by atoms with Crippen LogP contribution in [0.25, 0.3) is 0 Å². The van der Waals surface area contributed by atoms with E-state index in [1.54, 1.807) is 6.07 Å². The van der Waals surface area contributed by atoms with Gasteiger partial charge in [-0.25, -0.2) is 18.2 Å². The summed E-state index contributed by atoms with van der Waals surface area (Å²) in [5.74, 6) is -0.759. The molecule has 1 aliphatic heterocycles. The fraction of sp³-hybridized carbons (Fsp3) is 0.333. The first-order valence-corrected chi connectivity index (χ1v) is 9.67. The van der Waals surface area contributed by atoms with Crippen molar-refractivity contribution in [3.63, 3.8) is 0 Å². The van der Waals surface area contributed by atoms with Crippen molar-refractivity contribution < 1.29 is 17.9 Å². The van der Waals surface area contributed by atoms with E-state index in [-0.39, 0.29) is 9.90 Å². The first-order valence-electron chi connectivity index (χ1n) is 7.35. The summed E-state index contributed by atoms with van der Waals surface area (Å²) >= 11 is 0.915. The van der Waals surface area contributed by atoms with Crippen molar-refractivity contribution in [1.29, 1.82) is 0 Å². The van der Waals surface area contributed by atoms with Crippen LogP contribution >= 0.6 is 11.3 Å². The summed E-state index contributed by atoms with van der Waals surface area (Å²) in [5.41, 5.74) is 9.35. The Hall–Kier alpha value is -1.97. The molecule has 0 saturated carbocycles. The van der Waals surface area contributed by atoms with Crippen LogP contribution in [0.3, 0.4) is 0 Å². The van der Waals surface area contributed by atoms with Crippen LogP contribution in [-0.4, -0.2) is 33.0 Å². The van der Waals surface area contributed by atoms with Crippen molar-refractivity contribution in [3.8, 4) is 0 Å². The van der Waals surface area contributed by atoms with E-state index < -0.39 is 16.0 Å². The number of sulfonamides is 1. The smallest absolute Gasteiger partial charge is 0.358 e. The Labute approximate surface area is 144 Å². The number of benzene rings is 1. The fourth-order valence-electron chi connectivity index (χ4n) is 2.74. The highest BCUT2D eigenvalue weighted by Gasteiger charge is 2.34.